The monoisotopic (exact) mass is 202 g/mol. The van der Waals surface area contributed by atoms with Crippen LogP contribution in [-0.2, 0) is 4.79 Å². The first-order valence-electron chi connectivity index (χ1n) is 2.82. The molecule has 0 spiro atoms. The number of carbonyl (C=O) groups excluding carboxylic acids is 1. The smallest absolute Gasteiger partial charge is 0.208 e. The van der Waals surface area contributed by atoms with E-state index in [-0.39, 0.29) is 6.17 Å². The van der Waals surface area contributed by atoms with E-state index in [9.17, 15) is 4.79 Å². The van der Waals surface area contributed by atoms with E-state index in [1.165, 1.54) is 0 Å². The van der Waals surface area contributed by atoms with E-state index in [2.05, 4.69) is 26.6 Å². The van der Waals surface area contributed by atoms with Gasteiger partial charge in [0.25, 0.3) is 0 Å². The van der Waals surface area contributed by atoms with Crippen molar-refractivity contribution in [1.29, 1.82) is 0 Å². The Balaban J connectivity index is 2.44. The van der Waals surface area contributed by atoms with Crippen molar-refractivity contribution in [3.05, 3.63) is 22.8 Å². The maximum atomic E-state index is 9.94. The van der Waals surface area contributed by atoms with Crippen molar-refractivity contribution in [2.75, 3.05) is 0 Å². The topological polar surface area (TPSA) is 41.1 Å². The Kier molecular flexibility index (Phi) is 2.50. The average molecular weight is 203 g/mol. The summed E-state index contributed by atoms with van der Waals surface area (Å²) in [6.07, 6.45) is 6.09. The van der Waals surface area contributed by atoms with Gasteiger partial charge in [-0.05, 0) is 28.1 Å². The lowest BCUT2D eigenvalue weighted by Gasteiger charge is -2.14. The summed E-state index contributed by atoms with van der Waals surface area (Å²) in [4.78, 5) is 9.94. The highest BCUT2D eigenvalue weighted by molar-refractivity contribution is 9.11. The lowest BCUT2D eigenvalue weighted by Crippen LogP contribution is -2.38. The summed E-state index contributed by atoms with van der Waals surface area (Å²) in [6, 6.07) is 0. The predicted molar refractivity (Wildman–Crippen MR) is 42.3 cm³/mol. The first-order valence-corrected chi connectivity index (χ1v) is 3.62. The largest absolute Gasteiger partial charge is 0.367 e. The van der Waals surface area contributed by atoms with Gasteiger partial charge >= 0.3 is 0 Å². The highest BCUT2D eigenvalue weighted by atomic mass is 79.9. The fourth-order valence-corrected chi connectivity index (χ4v) is 0.923. The molecule has 1 aliphatic heterocycles. The van der Waals surface area contributed by atoms with Crippen molar-refractivity contribution in [3.63, 3.8) is 0 Å². The summed E-state index contributed by atoms with van der Waals surface area (Å²) >= 11 is 3.26. The number of halogens is 1. The van der Waals surface area contributed by atoms with E-state index in [0.717, 1.165) is 4.48 Å². The zero-order valence-corrected chi connectivity index (χ0v) is 6.76. The summed E-state index contributed by atoms with van der Waals surface area (Å²) in [6.45, 7) is 0. The Hall–Kier alpha value is -0.770. The first kappa shape index (κ1) is 7.34. The van der Waals surface area contributed by atoms with Crippen LogP contribution in [0.2, 0.25) is 0 Å². The van der Waals surface area contributed by atoms with Crippen LogP contribution in [0.3, 0.4) is 0 Å². The molecule has 1 atom stereocenters. The van der Waals surface area contributed by atoms with Crippen molar-refractivity contribution in [2.24, 2.45) is 0 Å². The van der Waals surface area contributed by atoms with Gasteiger partial charge in [-0.15, -0.1) is 0 Å². The van der Waals surface area contributed by atoms with Crippen LogP contribution >= 0.6 is 15.9 Å². The molecule has 0 aliphatic carbocycles. The zero-order chi connectivity index (χ0) is 7.40. The molecule has 0 aromatic rings. The van der Waals surface area contributed by atoms with Gasteiger partial charge in [-0.3, -0.25) is 4.79 Å². The molecule has 10 heavy (non-hydrogen) atoms. The van der Waals surface area contributed by atoms with Crippen molar-refractivity contribution < 1.29 is 4.79 Å². The Morgan fingerprint density at radius 3 is 3.10 bits per heavy atom. The van der Waals surface area contributed by atoms with Crippen LogP contribution in [0.25, 0.3) is 0 Å². The number of hydrogen-bond donors (Lipinski definition) is 2. The second-order valence-corrected chi connectivity index (χ2v) is 2.73. The standard InChI is InChI=1S/C6H7BrN2O/c7-5-1-2-6(8-3-5)9-4-10/h1-4,6,8H,(H,9,10). The molecule has 1 amide bonds. The van der Waals surface area contributed by atoms with Crippen molar-refractivity contribution in [3.8, 4) is 0 Å². The van der Waals surface area contributed by atoms with E-state index >= 15 is 0 Å². The Bertz CT molecular complexity index is 188. The van der Waals surface area contributed by atoms with Crippen LogP contribution < -0.4 is 10.6 Å². The van der Waals surface area contributed by atoms with Crippen LogP contribution in [-0.4, -0.2) is 12.6 Å². The third kappa shape index (κ3) is 1.88. The molecule has 4 heteroatoms. The van der Waals surface area contributed by atoms with Crippen LogP contribution in [0, 0.1) is 0 Å². The van der Waals surface area contributed by atoms with Crippen molar-refractivity contribution >= 4 is 22.3 Å². The van der Waals surface area contributed by atoms with Gasteiger partial charge < -0.3 is 10.6 Å². The molecular formula is C6H7BrN2O. The quantitative estimate of drug-likeness (QED) is 0.640. The maximum Gasteiger partial charge on any atom is 0.208 e. The lowest BCUT2D eigenvalue weighted by molar-refractivity contribution is -0.110. The third-order valence-corrected chi connectivity index (χ3v) is 1.59. The molecule has 1 unspecified atom stereocenters. The fraction of sp³-hybridized carbons (Fsp3) is 0.167. The van der Waals surface area contributed by atoms with Gasteiger partial charge in [0.1, 0.15) is 6.17 Å². The lowest BCUT2D eigenvalue weighted by atomic mass is 10.3. The highest BCUT2D eigenvalue weighted by Gasteiger charge is 2.02. The molecule has 0 saturated carbocycles. The first-order chi connectivity index (χ1) is 4.83. The summed E-state index contributed by atoms with van der Waals surface area (Å²) in [7, 11) is 0. The van der Waals surface area contributed by atoms with Crippen LogP contribution in [0.4, 0.5) is 0 Å². The van der Waals surface area contributed by atoms with Gasteiger partial charge in [0, 0.05) is 10.7 Å². The number of hydrogen-bond acceptors (Lipinski definition) is 2. The molecule has 0 aromatic heterocycles. The van der Waals surface area contributed by atoms with Gasteiger partial charge in [0.05, 0.1) is 0 Å². The Morgan fingerprint density at radius 1 is 1.80 bits per heavy atom. The zero-order valence-electron chi connectivity index (χ0n) is 5.17. The van der Waals surface area contributed by atoms with E-state index in [1.807, 2.05) is 12.2 Å². The molecule has 1 rings (SSSR count). The molecule has 0 bridgehead atoms. The molecule has 54 valence electrons. The highest BCUT2D eigenvalue weighted by Crippen LogP contribution is 2.08. The van der Waals surface area contributed by atoms with Gasteiger partial charge in [0.2, 0.25) is 6.41 Å². The molecular weight excluding hydrogens is 196 g/mol. The molecule has 3 nitrogen and oxygen atoms in total. The van der Waals surface area contributed by atoms with Crippen molar-refractivity contribution in [2.45, 2.75) is 6.17 Å². The van der Waals surface area contributed by atoms with E-state index in [1.54, 1.807) is 6.20 Å². The minimum atomic E-state index is -0.0706. The second kappa shape index (κ2) is 3.41. The molecule has 1 heterocycles. The van der Waals surface area contributed by atoms with Crippen LogP contribution in [0.5, 0.6) is 0 Å². The molecule has 1 aliphatic rings. The van der Waals surface area contributed by atoms with Crippen molar-refractivity contribution in [1.82, 2.24) is 10.6 Å². The number of rotatable bonds is 2. The van der Waals surface area contributed by atoms with E-state index in [4.69, 9.17) is 0 Å². The molecule has 0 saturated heterocycles. The predicted octanol–water partition coefficient (Wildman–Crippen LogP) is 0.454. The SMILES string of the molecule is O=CNC1C=CC(Br)=CN1. The normalized spacial score (nSPS) is 22.9. The molecule has 2 N–H and O–H groups in total. The van der Waals surface area contributed by atoms with Gasteiger partial charge in [-0.1, -0.05) is 0 Å². The fourth-order valence-electron chi connectivity index (χ4n) is 0.638. The van der Waals surface area contributed by atoms with Crippen LogP contribution in [0.15, 0.2) is 22.8 Å². The van der Waals surface area contributed by atoms with Crippen LogP contribution in [0.1, 0.15) is 0 Å². The summed E-state index contributed by atoms with van der Waals surface area (Å²) in [5.41, 5.74) is 0. The number of dihydropyridines is 1. The molecule has 0 aromatic carbocycles. The minimum Gasteiger partial charge on any atom is -0.367 e. The van der Waals surface area contributed by atoms with Gasteiger partial charge in [-0.2, -0.15) is 0 Å². The maximum absolute atomic E-state index is 9.94. The molecule has 0 radical (unpaired) electrons. The Morgan fingerprint density at radius 2 is 2.60 bits per heavy atom. The minimum absolute atomic E-state index is 0.0706. The number of amides is 1. The number of allylic oxidation sites excluding steroid dienone is 2. The summed E-state index contributed by atoms with van der Waals surface area (Å²) in [5.74, 6) is 0. The van der Waals surface area contributed by atoms with E-state index in [0.29, 0.717) is 6.41 Å². The average Bonchev–Trinajstić information content (AvgIpc) is 1.95. The Labute approximate surface area is 67.3 Å². The number of nitrogens with one attached hydrogen (secondary N) is 2. The molecule has 0 fully saturated rings. The van der Waals surface area contributed by atoms with Gasteiger partial charge in [-0.25, -0.2) is 0 Å². The third-order valence-electron chi connectivity index (χ3n) is 1.10. The summed E-state index contributed by atoms with van der Waals surface area (Å²) < 4.78 is 0.969. The second-order valence-electron chi connectivity index (χ2n) is 1.82. The summed E-state index contributed by atoms with van der Waals surface area (Å²) in [5, 5.41) is 5.49. The van der Waals surface area contributed by atoms with E-state index < -0.39 is 0 Å². The number of carbonyl (C=O) groups is 1. The van der Waals surface area contributed by atoms with Gasteiger partial charge in [0.15, 0.2) is 0 Å².